The average molecular weight is 436 g/mol. The van der Waals surface area contributed by atoms with Gasteiger partial charge in [-0.05, 0) is 78.5 Å². The van der Waals surface area contributed by atoms with Gasteiger partial charge in [-0.3, -0.25) is 0 Å². The number of rotatable bonds is 3. The predicted octanol–water partition coefficient (Wildman–Crippen LogP) is 3.20. The van der Waals surface area contributed by atoms with Crippen molar-refractivity contribution in [3.63, 3.8) is 0 Å². The Kier molecular flexibility index (Phi) is 15.3. The van der Waals surface area contributed by atoms with Crippen LogP contribution in [0.4, 0.5) is 0 Å². The van der Waals surface area contributed by atoms with E-state index in [0.29, 0.717) is 0 Å². The van der Waals surface area contributed by atoms with Gasteiger partial charge in [0.15, 0.2) is 0 Å². The third-order valence-electron chi connectivity index (χ3n) is 5.27. The summed E-state index contributed by atoms with van der Waals surface area (Å²) in [5.41, 5.74) is 0. The van der Waals surface area contributed by atoms with Crippen molar-refractivity contribution in [3.8, 4) is 0 Å². The second kappa shape index (κ2) is 15.9. The summed E-state index contributed by atoms with van der Waals surface area (Å²) in [4.78, 5) is 10.7. The Hall–Kier alpha value is 0.939. The Balaban J connectivity index is 0.000000970. The molecule has 2 unspecified atom stereocenters. The number of nitrogens with zero attached hydrogens (tertiary/aromatic N) is 4. The van der Waals surface area contributed by atoms with Gasteiger partial charge in [-0.2, -0.15) is 0 Å². The van der Waals surface area contributed by atoms with Crippen LogP contribution < -0.4 is 0 Å². The van der Waals surface area contributed by atoms with Crippen LogP contribution in [0.5, 0.6) is 0 Å². The van der Waals surface area contributed by atoms with Crippen LogP contribution in [0.25, 0.3) is 0 Å². The van der Waals surface area contributed by atoms with E-state index >= 15 is 0 Å². The Bertz CT molecular complexity index is 313. The van der Waals surface area contributed by atoms with Gasteiger partial charge >= 0.3 is 33.3 Å². The molecule has 2 fully saturated rings. The first kappa shape index (κ1) is 24.0. The summed E-state index contributed by atoms with van der Waals surface area (Å²) in [6, 6.07) is 0. The summed E-state index contributed by atoms with van der Waals surface area (Å²) >= 11 is 0.00694. The molecule has 2 aliphatic rings. The molecule has 2 bridgehead atoms. The van der Waals surface area contributed by atoms with E-state index in [4.69, 9.17) is 20.2 Å². The molecule has 0 radical (unpaired) electrons. The second-order valence-corrected chi connectivity index (χ2v) is 9.25. The SMILES string of the molecule is CCCCN1CCCN2CCCN(CCCN(C)CC2)CC1.[Cl][Mn][Cl]. The summed E-state index contributed by atoms with van der Waals surface area (Å²) < 4.78 is 0. The molecule has 0 aromatic heterocycles. The first-order valence-electron chi connectivity index (χ1n) is 9.92. The fourth-order valence-corrected chi connectivity index (χ4v) is 3.69. The van der Waals surface area contributed by atoms with E-state index in [1.54, 1.807) is 0 Å². The van der Waals surface area contributed by atoms with Crippen LogP contribution >= 0.6 is 20.2 Å². The molecule has 0 saturated carbocycles. The quantitative estimate of drug-likeness (QED) is 0.630. The topological polar surface area (TPSA) is 13.0 Å². The van der Waals surface area contributed by atoms with Gasteiger partial charge in [0.25, 0.3) is 0 Å². The van der Waals surface area contributed by atoms with Crippen LogP contribution in [-0.2, 0) is 13.1 Å². The molecule has 0 aromatic rings. The fraction of sp³-hybridized carbons (Fsp3) is 1.00. The monoisotopic (exact) mass is 435 g/mol. The van der Waals surface area contributed by atoms with Gasteiger partial charge in [-0.1, -0.05) is 13.3 Å². The molecule has 0 amide bonds. The summed E-state index contributed by atoms with van der Waals surface area (Å²) in [5, 5.41) is 0. The molecule has 151 valence electrons. The molecule has 0 spiro atoms. The molecular formula is C18H38Cl2MnN4. The minimum absolute atomic E-state index is 0.00694. The first-order valence-corrected chi connectivity index (χ1v) is 13.2. The van der Waals surface area contributed by atoms with Gasteiger partial charge in [-0.25, -0.2) is 0 Å². The summed E-state index contributed by atoms with van der Waals surface area (Å²) in [6.07, 6.45) is 6.69. The Labute approximate surface area is 170 Å². The van der Waals surface area contributed by atoms with E-state index in [2.05, 4.69) is 33.6 Å². The summed E-state index contributed by atoms with van der Waals surface area (Å²) in [6.45, 7) is 16.3. The average Bonchev–Trinajstić information content (AvgIpc) is 2.66. The van der Waals surface area contributed by atoms with Crippen LogP contribution in [-0.4, -0.2) is 98.6 Å². The molecular weight excluding hydrogens is 398 g/mol. The molecule has 0 N–H and O–H groups in total. The molecule has 2 heterocycles. The van der Waals surface area contributed by atoms with Crippen LogP contribution in [0.1, 0.15) is 39.0 Å². The predicted molar refractivity (Wildman–Crippen MR) is 107 cm³/mol. The van der Waals surface area contributed by atoms with Crippen LogP contribution in [0.2, 0.25) is 0 Å². The Morgan fingerprint density at radius 3 is 1.84 bits per heavy atom. The summed E-state index contributed by atoms with van der Waals surface area (Å²) in [7, 11) is 11.9. The van der Waals surface area contributed by atoms with Crippen molar-refractivity contribution in [1.29, 1.82) is 0 Å². The van der Waals surface area contributed by atoms with Crippen molar-refractivity contribution in [2.75, 3.05) is 79.0 Å². The van der Waals surface area contributed by atoms with Crippen molar-refractivity contribution in [2.45, 2.75) is 39.0 Å². The zero-order valence-corrected chi connectivity index (χ0v) is 18.9. The zero-order chi connectivity index (χ0) is 18.3. The molecule has 2 aliphatic heterocycles. The molecule has 2 rings (SSSR count). The Morgan fingerprint density at radius 1 is 0.720 bits per heavy atom. The van der Waals surface area contributed by atoms with Crippen molar-refractivity contribution in [1.82, 2.24) is 19.6 Å². The number of hydrogen-bond acceptors (Lipinski definition) is 4. The normalized spacial score (nSPS) is 27.8. The second-order valence-electron chi connectivity index (χ2n) is 7.30. The van der Waals surface area contributed by atoms with E-state index in [0.717, 1.165) is 0 Å². The van der Waals surface area contributed by atoms with Gasteiger partial charge in [-0.15, -0.1) is 0 Å². The maximum atomic E-state index is 4.80. The number of halogens is 2. The van der Waals surface area contributed by atoms with Gasteiger partial charge < -0.3 is 19.6 Å². The van der Waals surface area contributed by atoms with Gasteiger partial charge in [0.2, 0.25) is 0 Å². The van der Waals surface area contributed by atoms with Crippen molar-refractivity contribution < 1.29 is 13.1 Å². The number of hydrogen-bond donors (Lipinski definition) is 0. The first-order chi connectivity index (χ1) is 12.2. The van der Waals surface area contributed by atoms with E-state index in [1.165, 1.54) is 104 Å². The standard InChI is InChI=1S/C18H38N4.2ClH.Mn/c1-3-4-9-20-11-6-12-21-13-7-14-22(18-17-20)10-5-8-19(2)15-16-21;;;/h3-18H2,1-2H3;2*1H;/q;;;+2/p-2. The molecule has 25 heavy (non-hydrogen) atoms. The van der Waals surface area contributed by atoms with Crippen molar-refractivity contribution in [2.24, 2.45) is 0 Å². The summed E-state index contributed by atoms with van der Waals surface area (Å²) in [5.74, 6) is 0. The Morgan fingerprint density at radius 2 is 1.24 bits per heavy atom. The van der Waals surface area contributed by atoms with Crippen LogP contribution in [0.3, 0.4) is 0 Å². The van der Waals surface area contributed by atoms with E-state index in [1.807, 2.05) is 0 Å². The van der Waals surface area contributed by atoms with Gasteiger partial charge in [0.1, 0.15) is 0 Å². The molecule has 2 atom stereocenters. The molecule has 4 nitrogen and oxygen atoms in total. The van der Waals surface area contributed by atoms with Gasteiger partial charge in [0, 0.05) is 26.2 Å². The zero-order valence-electron chi connectivity index (χ0n) is 16.2. The third-order valence-corrected chi connectivity index (χ3v) is 5.27. The van der Waals surface area contributed by atoms with E-state index in [9.17, 15) is 0 Å². The van der Waals surface area contributed by atoms with E-state index in [-0.39, 0.29) is 13.1 Å². The van der Waals surface area contributed by atoms with Crippen molar-refractivity contribution >= 4 is 20.2 Å². The van der Waals surface area contributed by atoms with Gasteiger partial charge in [0.05, 0.1) is 0 Å². The third kappa shape index (κ3) is 12.1. The van der Waals surface area contributed by atoms with E-state index < -0.39 is 0 Å². The maximum absolute atomic E-state index is 4.80. The fourth-order valence-electron chi connectivity index (χ4n) is 3.69. The van der Waals surface area contributed by atoms with Crippen molar-refractivity contribution in [3.05, 3.63) is 0 Å². The number of likely N-dealkylation sites (N-methyl/N-ethyl adjacent to an activating group) is 1. The molecule has 0 aromatic carbocycles. The molecule has 2 saturated heterocycles. The molecule has 0 aliphatic carbocycles. The molecule has 7 heteroatoms. The number of unbranched alkanes of at least 4 members (excludes halogenated alkanes) is 1. The van der Waals surface area contributed by atoms with Crippen LogP contribution in [0.15, 0.2) is 0 Å². The number of fused-ring (bicyclic) bond motifs is 4. The van der Waals surface area contributed by atoms with Crippen LogP contribution in [0, 0.1) is 0 Å². The minimum atomic E-state index is 0.00694.